The molecule has 0 radical (unpaired) electrons. The summed E-state index contributed by atoms with van der Waals surface area (Å²) in [4.78, 5) is 9.20. The zero-order chi connectivity index (χ0) is 21.7. The molecule has 0 spiro atoms. The summed E-state index contributed by atoms with van der Waals surface area (Å²) in [6.45, 7) is 2.04. The standard InChI is InChI=1S/C20H22N10O/c1-12-13(14-6-8-28(3)24-14)11-30-17(12)18(22-15-10-16(31-5)29(4)25-15)23-19(26-30)20-21-7-9-27(20)2/h6-11H,1-5H3,(H,22,23,25,26). The Morgan fingerprint density at radius 3 is 2.55 bits per heavy atom. The minimum atomic E-state index is 0.493. The summed E-state index contributed by atoms with van der Waals surface area (Å²) in [5.41, 5.74) is 3.70. The number of hydrogen-bond acceptors (Lipinski definition) is 7. The monoisotopic (exact) mass is 418 g/mol. The Bertz CT molecular complexity index is 1400. The van der Waals surface area contributed by atoms with E-state index in [1.807, 2.05) is 67.9 Å². The Balaban J connectivity index is 1.72. The molecule has 0 saturated carbocycles. The molecule has 0 atom stereocenters. The number of anilines is 2. The second-order valence-electron chi connectivity index (χ2n) is 7.30. The van der Waals surface area contributed by atoms with Gasteiger partial charge in [0.15, 0.2) is 17.5 Å². The molecular formula is C20H22N10O. The molecule has 0 aliphatic heterocycles. The maximum atomic E-state index is 5.34. The zero-order valence-electron chi connectivity index (χ0n) is 17.9. The van der Waals surface area contributed by atoms with Crippen LogP contribution in [0.25, 0.3) is 28.4 Å². The van der Waals surface area contributed by atoms with E-state index in [1.54, 1.807) is 22.7 Å². The lowest BCUT2D eigenvalue weighted by molar-refractivity contribution is 0.373. The number of ether oxygens (including phenoxy) is 1. The number of aryl methyl sites for hydroxylation is 4. The maximum Gasteiger partial charge on any atom is 0.218 e. The quantitative estimate of drug-likeness (QED) is 0.467. The maximum absolute atomic E-state index is 5.34. The SMILES string of the molecule is COc1cc(Nc2nc(-c3nccn3C)nn3cc(-c4ccn(C)n4)c(C)c23)nn1C. The van der Waals surface area contributed by atoms with Crippen LogP contribution < -0.4 is 10.1 Å². The van der Waals surface area contributed by atoms with Gasteiger partial charge in [-0.05, 0) is 18.6 Å². The summed E-state index contributed by atoms with van der Waals surface area (Å²) >= 11 is 0. The van der Waals surface area contributed by atoms with Crippen molar-refractivity contribution in [3.8, 4) is 28.8 Å². The Hall–Kier alpha value is -4.15. The summed E-state index contributed by atoms with van der Waals surface area (Å²) in [5.74, 6) is 3.03. The number of methoxy groups -OCH3 is 1. The molecule has 0 unspecified atom stereocenters. The lowest BCUT2D eigenvalue weighted by Gasteiger charge is -2.09. The number of hydrogen-bond donors (Lipinski definition) is 1. The summed E-state index contributed by atoms with van der Waals surface area (Å²) in [5, 5.41) is 17.1. The van der Waals surface area contributed by atoms with E-state index in [1.165, 1.54) is 0 Å². The fourth-order valence-corrected chi connectivity index (χ4v) is 3.63. The molecule has 0 amide bonds. The van der Waals surface area contributed by atoms with Gasteiger partial charge in [-0.1, -0.05) is 0 Å². The van der Waals surface area contributed by atoms with Crippen molar-refractivity contribution in [2.24, 2.45) is 21.1 Å². The summed E-state index contributed by atoms with van der Waals surface area (Å²) < 4.78 is 12.5. The Kier molecular flexibility index (Phi) is 4.24. The minimum Gasteiger partial charge on any atom is -0.481 e. The molecule has 5 aromatic heterocycles. The molecule has 1 N–H and O–H groups in total. The third kappa shape index (κ3) is 3.10. The predicted molar refractivity (Wildman–Crippen MR) is 115 cm³/mol. The van der Waals surface area contributed by atoms with Crippen LogP contribution in [0.4, 0.5) is 11.6 Å². The Labute approximate surface area is 177 Å². The van der Waals surface area contributed by atoms with E-state index in [0.29, 0.717) is 29.2 Å². The molecule has 31 heavy (non-hydrogen) atoms. The van der Waals surface area contributed by atoms with Gasteiger partial charge in [0.25, 0.3) is 0 Å². The van der Waals surface area contributed by atoms with Gasteiger partial charge >= 0.3 is 0 Å². The Morgan fingerprint density at radius 1 is 1.06 bits per heavy atom. The van der Waals surface area contributed by atoms with Gasteiger partial charge in [0.2, 0.25) is 11.7 Å². The van der Waals surface area contributed by atoms with Crippen molar-refractivity contribution in [2.75, 3.05) is 12.4 Å². The molecule has 0 aliphatic carbocycles. The van der Waals surface area contributed by atoms with Crippen LogP contribution in [0.5, 0.6) is 5.88 Å². The molecule has 0 aromatic carbocycles. The first kappa shape index (κ1) is 18.9. The van der Waals surface area contributed by atoms with Crippen molar-refractivity contribution in [1.82, 2.24) is 43.7 Å². The van der Waals surface area contributed by atoms with Crippen LogP contribution in [0, 0.1) is 6.92 Å². The molecule has 0 aliphatic rings. The first-order valence-electron chi connectivity index (χ1n) is 9.67. The van der Waals surface area contributed by atoms with Crippen molar-refractivity contribution < 1.29 is 4.74 Å². The van der Waals surface area contributed by atoms with Gasteiger partial charge in [0.1, 0.15) is 5.52 Å². The Morgan fingerprint density at radius 2 is 1.90 bits per heavy atom. The van der Waals surface area contributed by atoms with E-state index < -0.39 is 0 Å². The zero-order valence-corrected chi connectivity index (χ0v) is 17.9. The van der Waals surface area contributed by atoms with E-state index in [-0.39, 0.29) is 0 Å². The highest BCUT2D eigenvalue weighted by molar-refractivity contribution is 5.84. The van der Waals surface area contributed by atoms with Crippen LogP contribution in [0.15, 0.2) is 36.9 Å². The average molecular weight is 418 g/mol. The fraction of sp³-hybridized carbons (Fsp3) is 0.250. The molecule has 11 nitrogen and oxygen atoms in total. The molecule has 0 fully saturated rings. The number of nitrogens with zero attached hydrogens (tertiary/aromatic N) is 9. The van der Waals surface area contributed by atoms with Gasteiger partial charge in [-0.15, -0.1) is 5.10 Å². The largest absolute Gasteiger partial charge is 0.481 e. The van der Waals surface area contributed by atoms with Gasteiger partial charge in [-0.25, -0.2) is 19.2 Å². The predicted octanol–water partition coefficient (Wildman–Crippen LogP) is 2.32. The smallest absolute Gasteiger partial charge is 0.218 e. The van der Waals surface area contributed by atoms with Gasteiger partial charge in [0, 0.05) is 57.6 Å². The summed E-state index contributed by atoms with van der Waals surface area (Å²) in [6.07, 6.45) is 7.46. The van der Waals surface area contributed by atoms with E-state index in [4.69, 9.17) is 14.8 Å². The number of imidazole rings is 1. The first-order valence-corrected chi connectivity index (χ1v) is 9.67. The number of aromatic nitrogens is 9. The van der Waals surface area contributed by atoms with Crippen molar-refractivity contribution in [3.05, 3.63) is 42.5 Å². The van der Waals surface area contributed by atoms with Crippen molar-refractivity contribution in [2.45, 2.75) is 6.92 Å². The highest BCUT2D eigenvalue weighted by atomic mass is 16.5. The molecular weight excluding hydrogens is 396 g/mol. The molecule has 0 bridgehead atoms. The van der Waals surface area contributed by atoms with Crippen molar-refractivity contribution >= 4 is 17.2 Å². The highest BCUT2D eigenvalue weighted by Gasteiger charge is 2.20. The number of rotatable bonds is 5. The second kappa shape index (κ2) is 6.97. The molecule has 11 heteroatoms. The van der Waals surface area contributed by atoms with Gasteiger partial charge < -0.3 is 14.6 Å². The topological polar surface area (TPSA) is 105 Å². The lowest BCUT2D eigenvalue weighted by atomic mass is 10.1. The third-order valence-electron chi connectivity index (χ3n) is 5.19. The van der Waals surface area contributed by atoms with E-state index in [2.05, 4.69) is 20.5 Å². The van der Waals surface area contributed by atoms with Crippen LogP contribution in [0.2, 0.25) is 0 Å². The van der Waals surface area contributed by atoms with Crippen LogP contribution >= 0.6 is 0 Å². The molecule has 5 aromatic rings. The van der Waals surface area contributed by atoms with Crippen LogP contribution in [-0.2, 0) is 21.1 Å². The fourth-order valence-electron chi connectivity index (χ4n) is 3.63. The van der Waals surface area contributed by atoms with Gasteiger partial charge in [0.05, 0.1) is 12.8 Å². The highest BCUT2D eigenvalue weighted by Crippen LogP contribution is 2.32. The number of nitrogens with one attached hydrogen (secondary N) is 1. The van der Waals surface area contributed by atoms with Crippen molar-refractivity contribution in [3.63, 3.8) is 0 Å². The summed E-state index contributed by atoms with van der Waals surface area (Å²) in [7, 11) is 7.24. The summed E-state index contributed by atoms with van der Waals surface area (Å²) in [6, 6.07) is 3.79. The van der Waals surface area contributed by atoms with Crippen LogP contribution in [0.3, 0.4) is 0 Å². The first-order chi connectivity index (χ1) is 14.9. The average Bonchev–Trinajstić information content (AvgIpc) is 3.50. The van der Waals surface area contributed by atoms with Crippen LogP contribution in [0.1, 0.15) is 5.56 Å². The van der Waals surface area contributed by atoms with E-state index in [0.717, 1.165) is 22.3 Å². The van der Waals surface area contributed by atoms with E-state index in [9.17, 15) is 0 Å². The molecule has 158 valence electrons. The third-order valence-corrected chi connectivity index (χ3v) is 5.19. The lowest BCUT2D eigenvalue weighted by Crippen LogP contribution is -2.06. The molecule has 0 saturated heterocycles. The second-order valence-corrected chi connectivity index (χ2v) is 7.30. The normalized spacial score (nSPS) is 11.4. The van der Waals surface area contributed by atoms with Crippen molar-refractivity contribution in [1.29, 1.82) is 0 Å². The molecule has 5 heterocycles. The van der Waals surface area contributed by atoms with Crippen LogP contribution in [-0.4, -0.2) is 50.8 Å². The van der Waals surface area contributed by atoms with E-state index >= 15 is 0 Å². The minimum absolute atomic E-state index is 0.493. The van der Waals surface area contributed by atoms with Gasteiger partial charge in [-0.2, -0.15) is 10.2 Å². The molecule has 5 rings (SSSR count). The number of fused-ring (bicyclic) bond motifs is 1. The van der Waals surface area contributed by atoms with Gasteiger partial charge in [-0.3, -0.25) is 4.68 Å².